The highest BCUT2D eigenvalue weighted by molar-refractivity contribution is 7.92. The fourth-order valence-corrected chi connectivity index (χ4v) is 4.84. The lowest BCUT2D eigenvalue weighted by atomic mass is 10.1. The van der Waals surface area contributed by atoms with E-state index >= 15 is 0 Å². The molecule has 2 rings (SSSR count). The van der Waals surface area contributed by atoms with Gasteiger partial charge in [-0.05, 0) is 42.7 Å². The first-order valence-corrected chi connectivity index (χ1v) is 13.3. The molecule has 0 fully saturated rings. The van der Waals surface area contributed by atoms with Gasteiger partial charge >= 0.3 is 0 Å². The number of hydrogen-bond donors (Lipinski definition) is 1. The summed E-state index contributed by atoms with van der Waals surface area (Å²) in [6.07, 6.45) is 1.89. The Balaban J connectivity index is 2.23. The molecule has 1 N–H and O–H groups in total. The van der Waals surface area contributed by atoms with Gasteiger partial charge < -0.3 is 19.7 Å². The molecule has 35 heavy (non-hydrogen) atoms. The Bertz CT molecular complexity index is 1110. The number of carbonyl (C=O) groups is 2. The van der Waals surface area contributed by atoms with Crippen LogP contribution in [0.25, 0.3) is 0 Å². The third-order valence-electron chi connectivity index (χ3n) is 5.63. The van der Waals surface area contributed by atoms with Gasteiger partial charge in [0.05, 0.1) is 26.2 Å². The van der Waals surface area contributed by atoms with E-state index in [0.717, 1.165) is 11.8 Å². The van der Waals surface area contributed by atoms with Crippen molar-refractivity contribution in [2.45, 2.75) is 38.8 Å². The number of methoxy groups -OCH3 is 2. The van der Waals surface area contributed by atoms with Crippen LogP contribution in [0, 0.1) is 0 Å². The summed E-state index contributed by atoms with van der Waals surface area (Å²) in [6, 6.07) is 13.5. The van der Waals surface area contributed by atoms with Crippen LogP contribution in [0.15, 0.2) is 48.5 Å². The third-order valence-corrected chi connectivity index (χ3v) is 6.81. The molecule has 0 aliphatic heterocycles. The summed E-state index contributed by atoms with van der Waals surface area (Å²) in [5.74, 6) is 0.588. The Morgan fingerprint density at radius 1 is 1.06 bits per heavy atom. The molecular formula is C25H35N3O6S. The van der Waals surface area contributed by atoms with E-state index < -0.39 is 16.1 Å². The summed E-state index contributed by atoms with van der Waals surface area (Å²) in [5.41, 5.74) is 1.24. The van der Waals surface area contributed by atoms with Crippen LogP contribution in [-0.4, -0.2) is 65.2 Å². The van der Waals surface area contributed by atoms with E-state index in [9.17, 15) is 18.0 Å². The second-order valence-corrected chi connectivity index (χ2v) is 9.93. The van der Waals surface area contributed by atoms with Crippen LogP contribution >= 0.6 is 0 Å². The first-order valence-electron chi connectivity index (χ1n) is 11.4. The largest absolute Gasteiger partial charge is 0.497 e. The number of ether oxygens (including phenoxy) is 2. The van der Waals surface area contributed by atoms with Gasteiger partial charge in [0.1, 0.15) is 17.5 Å². The summed E-state index contributed by atoms with van der Waals surface area (Å²) in [6.45, 7) is 2.16. The van der Waals surface area contributed by atoms with Gasteiger partial charge in [-0.3, -0.25) is 13.9 Å². The number of anilines is 1. The highest BCUT2D eigenvalue weighted by Crippen LogP contribution is 2.30. The molecule has 0 aliphatic rings. The van der Waals surface area contributed by atoms with Gasteiger partial charge in [0.2, 0.25) is 21.8 Å². The molecule has 0 unspecified atom stereocenters. The van der Waals surface area contributed by atoms with Crippen LogP contribution in [0.1, 0.15) is 31.7 Å². The zero-order valence-corrected chi connectivity index (χ0v) is 21.8. The number of nitrogens with one attached hydrogen (secondary N) is 1. The normalized spacial score (nSPS) is 11.9. The maximum atomic E-state index is 13.3. The van der Waals surface area contributed by atoms with Gasteiger partial charge in [-0.2, -0.15) is 0 Å². The van der Waals surface area contributed by atoms with E-state index in [2.05, 4.69) is 5.32 Å². The molecule has 2 aromatic carbocycles. The monoisotopic (exact) mass is 505 g/mol. The first kappa shape index (κ1) is 28.0. The smallest absolute Gasteiger partial charge is 0.242 e. The molecule has 0 radical (unpaired) electrons. The van der Waals surface area contributed by atoms with Crippen molar-refractivity contribution < 1.29 is 27.5 Å². The molecule has 0 spiro atoms. The lowest BCUT2D eigenvalue weighted by Gasteiger charge is -2.31. The number of hydrogen-bond acceptors (Lipinski definition) is 6. The van der Waals surface area contributed by atoms with E-state index in [1.807, 2.05) is 31.2 Å². The number of rotatable bonds is 13. The minimum atomic E-state index is -3.61. The van der Waals surface area contributed by atoms with Crippen molar-refractivity contribution in [2.24, 2.45) is 0 Å². The molecule has 2 aromatic rings. The number of sulfonamides is 1. The van der Waals surface area contributed by atoms with Crippen LogP contribution in [-0.2, 0) is 26.2 Å². The maximum Gasteiger partial charge on any atom is 0.242 e. The standard InChI is InChI=1S/C25H35N3O6S/c1-6-21(25(30)26-2)27(18-19-11-9-12-20(17-19)33-3)24(29)15-10-16-28(35(5,31)32)22-13-7-8-14-23(22)34-4/h7-9,11-14,17,21H,6,10,15-16,18H2,1-5H3,(H,26,30)/t21-/m0/s1. The second kappa shape index (κ2) is 13.0. The molecule has 2 amide bonds. The molecule has 10 heteroatoms. The van der Waals surface area contributed by atoms with E-state index in [4.69, 9.17) is 9.47 Å². The Morgan fingerprint density at radius 3 is 2.37 bits per heavy atom. The topological polar surface area (TPSA) is 105 Å². The molecule has 0 heterocycles. The fourth-order valence-electron chi connectivity index (χ4n) is 3.87. The van der Waals surface area contributed by atoms with Gasteiger partial charge in [-0.15, -0.1) is 0 Å². The molecule has 0 aromatic heterocycles. The minimum absolute atomic E-state index is 0.0681. The van der Waals surface area contributed by atoms with E-state index in [0.29, 0.717) is 23.6 Å². The quantitative estimate of drug-likeness (QED) is 0.449. The minimum Gasteiger partial charge on any atom is -0.497 e. The van der Waals surface area contributed by atoms with Crippen LogP contribution in [0.3, 0.4) is 0 Å². The highest BCUT2D eigenvalue weighted by atomic mass is 32.2. The number of nitrogens with zero attached hydrogens (tertiary/aromatic N) is 2. The zero-order valence-electron chi connectivity index (χ0n) is 21.0. The summed E-state index contributed by atoms with van der Waals surface area (Å²) < 4.78 is 36.8. The van der Waals surface area contributed by atoms with Crippen molar-refractivity contribution in [3.8, 4) is 11.5 Å². The summed E-state index contributed by atoms with van der Waals surface area (Å²) >= 11 is 0. The molecule has 192 valence electrons. The molecule has 9 nitrogen and oxygen atoms in total. The van der Waals surface area contributed by atoms with Crippen molar-refractivity contribution in [1.82, 2.24) is 10.2 Å². The van der Waals surface area contributed by atoms with Gasteiger partial charge in [-0.1, -0.05) is 31.2 Å². The number of amides is 2. The highest BCUT2D eigenvalue weighted by Gasteiger charge is 2.28. The number of likely N-dealkylation sites (N-methyl/N-ethyl adjacent to an activating group) is 1. The first-order chi connectivity index (χ1) is 16.7. The van der Waals surface area contributed by atoms with Crippen LogP contribution < -0.4 is 19.1 Å². The Kier molecular flexibility index (Phi) is 10.4. The van der Waals surface area contributed by atoms with Crippen molar-refractivity contribution in [3.05, 3.63) is 54.1 Å². The summed E-state index contributed by atoms with van der Waals surface area (Å²) in [5, 5.41) is 2.63. The van der Waals surface area contributed by atoms with E-state index in [1.165, 1.54) is 18.5 Å². The summed E-state index contributed by atoms with van der Waals surface area (Å²) in [7, 11) is 0.966. The van der Waals surface area contributed by atoms with Crippen molar-refractivity contribution in [1.29, 1.82) is 0 Å². The molecule has 0 saturated heterocycles. The van der Waals surface area contributed by atoms with Crippen LogP contribution in [0.4, 0.5) is 5.69 Å². The number of carbonyl (C=O) groups excluding carboxylic acids is 2. The maximum absolute atomic E-state index is 13.3. The Hall–Kier alpha value is -3.27. The second-order valence-electron chi connectivity index (χ2n) is 8.02. The van der Waals surface area contributed by atoms with Crippen molar-refractivity contribution in [3.63, 3.8) is 0 Å². The Morgan fingerprint density at radius 2 is 1.77 bits per heavy atom. The van der Waals surface area contributed by atoms with Gasteiger partial charge in [0.15, 0.2) is 0 Å². The predicted molar refractivity (Wildman–Crippen MR) is 136 cm³/mol. The van der Waals surface area contributed by atoms with Crippen LogP contribution in [0.2, 0.25) is 0 Å². The molecule has 0 aliphatic carbocycles. The predicted octanol–water partition coefficient (Wildman–Crippen LogP) is 2.80. The Labute approximate surface area is 208 Å². The third kappa shape index (κ3) is 7.61. The van der Waals surface area contributed by atoms with Gasteiger partial charge in [0.25, 0.3) is 0 Å². The number of para-hydroxylation sites is 2. The van der Waals surface area contributed by atoms with Crippen molar-refractivity contribution >= 4 is 27.5 Å². The lowest BCUT2D eigenvalue weighted by molar-refractivity contribution is -0.141. The average Bonchev–Trinajstić information content (AvgIpc) is 2.85. The SMILES string of the molecule is CC[C@@H](C(=O)NC)N(Cc1cccc(OC)c1)C(=O)CCCN(c1ccccc1OC)S(C)(=O)=O. The van der Waals surface area contributed by atoms with Crippen LogP contribution in [0.5, 0.6) is 11.5 Å². The van der Waals surface area contributed by atoms with E-state index in [-0.39, 0.29) is 37.7 Å². The zero-order chi connectivity index (χ0) is 26.0. The molecule has 0 saturated carbocycles. The molecular weight excluding hydrogens is 470 g/mol. The summed E-state index contributed by atoms with van der Waals surface area (Å²) in [4.78, 5) is 27.4. The number of benzene rings is 2. The average molecular weight is 506 g/mol. The molecule has 1 atom stereocenters. The van der Waals surface area contributed by atoms with E-state index in [1.54, 1.807) is 36.3 Å². The fraction of sp³-hybridized carbons (Fsp3) is 0.440. The lowest BCUT2D eigenvalue weighted by Crippen LogP contribution is -2.48. The molecule has 0 bridgehead atoms. The van der Waals surface area contributed by atoms with Crippen molar-refractivity contribution in [2.75, 3.05) is 38.4 Å². The van der Waals surface area contributed by atoms with Gasteiger partial charge in [0, 0.05) is 26.6 Å². The van der Waals surface area contributed by atoms with Gasteiger partial charge in [-0.25, -0.2) is 8.42 Å².